The van der Waals surface area contributed by atoms with Crippen molar-refractivity contribution in [1.82, 2.24) is 0 Å². The van der Waals surface area contributed by atoms with E-state index in [1.165, 1.54) is 0 Å². The maximum atomic E-state index is 6.36. The lowest BCUT2D eigenvalue weighted by Crippen LogP contribution is -2.11. The lowest BCUT2D eigenvalue weighted by Gasteiger charge is -2.17. The molecular weight excluding hydrogens is 345 g/mol. The largest absolute Gasteiger partial charge is 0.493 e. The topological polar surface area (TPSA) is 30.8 Å². The molecule has 3 nitrogen and oxygen atoms in total. The second-order valence-electron chi connectivity index (χ2n) is 5.51. The van der Waals surface area contributed by atoms with E-state index in [0.29, 0.717) is 21.5 Å². The summed E-state index contributed by atoms with van der Waals surface area (Å²) in [6.45, 7) is 5.98. The number of benzene rings is 2. The van der Waals surface area contributed by atoms with E-state index in [0.717, 1.165) is 23.2 Å². The van der Waals surface area contributed by atoms with Gasteiger partial charge < -0.3 is 9.47 Å². The summed E-state index contributed by atoms with van der Waals surface area (Å²) in [5, 5.41) is 1.19. The Bertz CT molecular complexity index is 744. The Kier molecular flexibility index (Phi) is 6.52. The molecular formula is C19H21Cl2NO2. The van der Waals surface area contributed by atoms with Crippen molar-refractivity contribution in [1.29, 1.82) is 0 Å². The van der Waals surface area contributed by atoms with E-state index < -0.39 is 0 Å². The van der Waals surface area contributed by atoms with Crippen LogP contribution in [0.25, 0.3) is 0 Å². The van der Waals surface area contributed by atoms with Gasteiger partial charge in [-0.15, -0.1) is 0 Å². The predicted molar refractivity (Wildman–Crippen MR) is 102 cm³/mol. The summed E-state index contributed by atoms with van der Waals surface area (Å²) in [6.07, 6.45) is 2.68. The molecule has 0 aliphatic carbocycles. The van der Waals surface area contributed by atoms with Gasteiger partial charge in [-0.05, 0) is 55.7 Å². The normalized spacial score (nSPS) is 12.4. The monoisotopic (exact) mass is 365 g/mol. The van der Waals surface area contributed by atoms with Gasteiger partial charge in [0.05, 0.1) is 23.9 Å². The molecule has 5 heteroatoms. The van der Waals surface area contributed by atoms with Gasteiger partial charge in [0.25, 0.3) is 0 Å². The average Bonchev–Trinajstić information content (AvgIpc) is 2.57. The van der Waals surface area contributed by atoms with Gasteiger partial charge >= 0.3 is 0 Å². The van der Waals surface area contributed by atoms with Crippen LogP contribution in [0.2, 0.25) is 10.0 Å². The molecule has 1 atom stereocenters. The second kappa shape index (κ2) is 8.41. The quantitative estimate of drug-likeness (QED) is 0.567. The first-order chi connectivity index (χ1) is 11.5. The van der Waals surface area contributed by atoms with Gasteiger partial charge in [-0.1, -0.05) is 36.2 Å². The summed E-state index contributed by atoms with van der Waals surface area (Å²) in [6, 6.07) is 9.30. The van der Waals surface area contributed by atoms with Crippen molar-refractivity contribution < 1.29 is 9.47 Å². The van der Waals surface area contributed by atoms with Crippen molar-refractivity contribution in [3.8, 4) is 11.5 Å². The summed E-state index contributed by atoms with van der Waals surface area (Å²) in [5.41, 5.74) is 2.58. The Morgan fingerprint density at radius 1 is 1.21 bits per heavy atom. The smallest absolute Gasteiger partial charge is 0.180 e. The highest BCUT2D eigenvalue weighted by Crippen LogP contribution is 2.37. The van der Waals surface area contributed by atoms with Crippen LogP contribution in [0.4, 0.5) is 5.69 Å². The lowest BCUT2D eigenvalue weighted by molar-refractivity contribution is 0.208. The summed E-state index contributed by atoms with van der Waals surface area (Å²) in [4.78, 5) is 4.50. The molecule has 2 aromatic carbocycles. The minimum absolute atomic E-state index is 0.0602. The van der Waals surface area contributed by atoms with E-state index in [9.17, 15) is 0 Å². The average molecular weight is 366 g/mol. The Hall–Kier alpha value is -1.71. The SMILES string of the molecule is CC[C@H](C)Oc1c(Cl)cc(C=Nc2cccc(Cl)c2C)cc1OC. The molecule has 0 saturated carbocycles. The molecule has 0 saturated heterocycles. The Morgan fingerprint density at radius 3 is 2.62 bits per heavy atom. The fraction of sp³-hybridized carbons (Fsp3) is 0.316. The van der Waals surface area contributed by atoms with Crippen molar-refractivity contribution in [2.75, 3.05) is 7.11 Å². The number of methoxy groups -OCH3 is 1. The van der Waals surface area contributed by atoms with E-state index in [-0.39, 0.29) is 6.10 Å². The van der Waals surface area contributed by atoms with E-state index in [1.54, 1.807) is 13.3 Å². The standard InChI is InChI=1S/C19H21Cl2NO2/c1-5-12(2)24-19-16(21)9-14(10-18(19)23-4)11-22-17-8-6-7-15(20)13(17)3/h6-12H,5H2,1-4H3/t12-/m0/s1. The summed E-state index contributed by atoms with van der Waals surface area (Å²) < 4.78 is 11.3. The van der Waals surface area contributed by atoms with Gasteiger partial charge in [-0.25, -0.2) is 0 Å². The van der Waals surface area contributed by atoms with E-state index in [2.05, 4.69) is 11.9 Å². The maximum absolute atomic E-state index is 6.36. The number of hydrogen-bond acceptors (Lipinski definition) is 3. The third kappa shape index (κ3) is 4.43. The molecule has 0 aliphatic heterocycles. The minimum atomic E-state index is 0.0602. The zero-order valence-corrected chi connectivity index (χ0v) is 15.8. The fourth-order valence-corrected chi connectivity index (χ4v) is 2.53. The molecule has 0 aliphatic rings. The van der Waals surface area contributed by atoms with Gasteiger partial charge in [0.1, 0.15) is 0 Å². The molecule has 0 unspecified atom stereocenters. The zero-order valence-electron chi connectivity index (χ0n) is 14.3. The summed E-state index contributed by atoms with van der Waals surface area (Å²) in [7, 11) is 1.59. The van der Waals surface area contributed by atoms with Crippen molar-refractivity contribution >= 4 is 35.1 Å². The van der Waals surface area contributed by atoms with Crippen LogP contribution in [0.5, 0.6) is 11.5 Å². The molecule has 0 spiro atoms. The van der Waals surface area contributed by atoms with Gasteiger partial charge in [0, 0.05) is 11.2 Å². The fourth-order valence-electron chi connectivity index (χ4n) is 2.09. The first-order valence-electron chi connectivity index (χ1n) is 7.79. The van der Waals surface area contributed by atoms with Crippen LogP contribution in [0.3, 0.4) is 0 Å². The molecule has 0 amide bonds. The third-order valence-electron chi connectivity index (χ3n) is 3.74. The van der Waals surface area contributed by atoms with Crippen molar-refractivity contribution in [2.24, 2.45) is 4.99 Å². The number of ether oxygens (including phenoxy) is 2. The number of halogens is 2. The second-order valence-corrected chi connectivity index (χ2v) is 6.33. The molecule has 24 heavy (non-hydrogen) atoms. The van der Waals surface area contributed by atoms with Gasteiger partial charge in [0.2, 0.25) is 0 Å². The highest BCUT2D eigenvalue weighted by molar-refractivity contribution is 6.32. The molecule has 0 heterocycles. The molecule has 128 valence electrons. The molecule has 2 rings (SSSR count). The molecule has 0 aromatic heterocycles. The predicted octanol–water partition coefficient (Wildman–Crippen LogP) is 6.24. The minimum Gasteiger partial charge on any atom is -0.493 e. The Morgan fingerprint density at radius 2 is 1.96 bits per heavy atom. The van der Waals surface area contributed by atoms with Crippen molar-refractivity contribution in [3.63, 3.8) is 0 Å². The van der Waals surface area contributed by atoms with Gasteiger partial charge in [-0.2, -0.15) is 0 Å². The highest BCUT2D eigenvalue weighted by atomic mass is 35.5. The number of rotatable bonds is 6. The number of aliphatic imine (C=N–C) groups is 1. The van der Waals surface area contributed by atoms with Crippen LogP contribution >= 0.6 is 23.2 Å². The Labute approximate surface area is 153 Å². The number of hydrogen-bond donors (Lipinski definition) is 0. The third-order valence-corrected chi connectivity index (χ3v) is 4.43. The zero-order chi connectivity index (χ0) is 17.7. The van der Waals surface area contributed by atoms with Crippen LogP contribution in [0, 0.1) is 6.92 Å². The van der Waals surface area contributed by atoms with E-state index in [1.807, 2.05) is 44.2 Å². The maximum Gasteiger partial charge on any atom is 0.180 e. The molecule has 0 bridgehead atoms. The summed E-state index contributed by atoms with van der Waals surface area (Å²) in [5.74, 6) is 1.15. The molecule has 0 N–H and O–H groups in total. The Balaban J connectivity index is 2.33. The number of nitrogens with zero attached hydrogens (tertiary/aromatic N) is 1. The first kappa shape index (κ1) is 18.6. The van der Waals surface area contributed by atoms with Crippen molar-refractivity contribution in [2.45, 2.75) is 33.3 Å². The van der Waals surface area contributed by atoms with Crippen LogP contribution < -0.4 is 9.47 Å². The van der Waals surface area contributed by atoms with Crippen LogP contribution in [0.15, 0.2) is 35.3 Å². The molecule has 0 radical (unpaired) electrons. The van der Waals surface area contributed by atoms with Crippen molar-refractivity contribution in [3.05, 3.63) is 51.5 Å². The van der Waals surface area contributed by atoms with E-state index in [4.69, 9.17) is 32.7 Å². The highest BCUT2D eigenvalue weighted by Gasteiger charge is 2.14. The van der Waals surface area contributed by atoms with Gasteiger partial charge in [-0.3, -0.25) is 4.99 Å². The lowest BCUT2D eigenvalue weighted by atomic mass is 10.2. The first-order valence-corrected chi connectivity index (χ1v) is 8.55. The summed E-state index contributed by atoms with van der Waals surface area (Å²) >= 11 is 12.5. The van der Waals surface area contributed by atoms with Crippen LogP contribution in [-0.2, 0) is 0 Å². The van der Waals surface area contributed by atoms with Crippen LogP contribution in [-0.4, -0.2) is 19.4 Å². The molecule has 2 aromatic rings. The van der Waals surface area contributed by atoms with E-state index >= 15 is 0 Å². The molecule has 0 fully saturated rings. The van der Waals surface area contributed by atoms with Gasteiger partial charge in [0.15, 0.2) is 11.5 Å². The van der Waals surface area contributed by atoms with Crippen LogP contribution in [0.1, 0.15) is 31.4 Å².